The minimum absolute atomic E-state index is 0.0297. The summed E-state index contributed by atoms with van der Waals surface area (Å²) < 4.78 is 15.2. The Balaban J connectivity index is 1.95. The molecule has 0 radical (unpaired) electrons. The van der Waals surface area contributed by atoms with Crippen molar-refractivity contribution in [2.24, 2.45) is 0 Å². The standard InChI is InChI=1S/C13H16O5/c1-16-13(15)12-6-5-11(18-12)10(14)8-9-4-2-3-7-17-9/h5-6,9H,2-4,7-8H2,1H3. The Labute approximate surface area is 105 Å². The maximum absolute atomic E-state index is 11.9. The zero-order chi connectivity index (χ0) is 13.0. The van der Waals surface area contributed by atoms with E-state index in [4.69, 9.17) is 9.15 Å². The average Bonchev–Trinajstić information content (AvgIpc) is 2.88. The lowest BCUT2D eigenvalue weighted by Gasteiger charge is -2.21. The van der Waals surface area contributed by atoms with Gasteiger partial charge in [0.15, 0.2) is 5.76 Å². The fraction of sp³-hybridized carbons (Fsp3) is 0.538. The van der Waals surface area contributed by atoms with Gasteiger partial charge in [0.25, 0.3) is 0 Å². The van der Waals surface area contributed by atoms with Crippen LogP contribution in [0.4, 0.5) is 0 Å². The van der Waals surface area contributed by atoms with Gasteiger partial charge in [-0.3, -0.25) is 4.79 Å². The molecule has 0 aliphatic carbocycles. The lowest BCUT2D eigenvalue weighted by molar-refractivity contribution is 0.0123. The number of carbonyl (C=O) groups is 2. The van der Waals surface area contributed by atoms with Gasteiger partial charge >= 0.3 is 5.97 Å². The smallest absolute Gasteiger partial charge is 0.373 e. The molecular formula is C13H16O5. The van der Waals surface area contributed by atoms with Gasteiger partial charge in [-0.05, 0) is 31.4 Å². The van der Waals surface area contributed by atoms with Crippen LogP contribution in [0, 0.1) is 0 Å². The Hall–Kier alpha value is -1.62. The highest BCUT2D eigenvalue weighted by Crippen LogP contribution is 2.19. The highest BCUT2D eigenvalue weighted by atomic mass is 16.5. The Morgan fingerprint density at radius 2 is 2.11 bits per heavy atom. The van der Waals surface area contributed by atoms with Crippen LogP contribution in [0.5, 0.6) is 0 Å². The minimum atomic E-state index is -0.581. The van der Waals surface area contributed by atoms with Gasteiger partial charge in [-0.1, -0.05) is 0 Å². The third-order valence-electron chi connectivity index (χ3n) is 2.95. The van der Waals surface area contributed by atoms with Crippen molar-refractivity contribution >= 4 is 11.8 Å². The van der Waals surface area contributed by atoms with Crippen molar-refractivity contribution in [3.63, 3.8) is 0 Å². The van der Waals surface area contributed by atoms with Crippen LogP contribution in [0.25, 0.3) is 0 Å². The van der Waals surface area contributed by atoms with Gasteiger partial charge in [0.05, 0.1) is 13.2 Å². The number of ketones is 1. The number of esters is 1. The molecule has 0 N–H and O–H groups in total. The number of methoxy groups -OCH3 is 1. The predicted molar refractivity (Wildman–Crippen MR) is 62.6 cm³/mol. The number of Topliss-reactive ketones (excluding diaryl/α,β-unsaturated/α-hetero) is 1. The molecule has 0 aromatic carbocycles. The summed E-state index contributed by atoms with van der Waals surface area (Å²) in [6, 6.07) is 2.94. The lowest BCUT2D eigenvalue weighted by atomic mass is 10.0. The number of furan rings is 1. The van der Waals surface area contributed by atoms with Crippen molar-refractivity contribution in [2.75, 3.05) is 13.7 Å². The fourth-order valence-electron chi connectivity index (χ4n) is 1.97. The van der Waals surface area contributed by atoms with Crippen LogP contribution in [0.2, 0.25) is 0 Å². The zero-order valence-electron chi connectivity index (χ0n) is 10.3. The van der Waals surface area contributed by atoms with Gasteiger partial charge in [0, 0.05) is 13.0 Å². The van der Waals surface area contributed by atoms with E-state index in [0.717, 1.165) is 19.3 Å². The second-order valence-electron chi connectivity index (χ2n) is 4.27. The lowest BCUT2D eigenvalue weighted by Crippen LogP contribution is -2.22. The largest absolute Gasteiger partial charge is 0.463 e. The fourth-order valence-corrected chi connectivity index (χ4v) is 1.97. The molecule has 1 aliphatic rings. The third-order valence-corrected chi connectivity index (χ3v) is 2.95. The van der Waals surface area contributed by atoms with Gasteiger partial charge in [0.2, 0.25) is 11.5 Å². The molecule has 1 atom stereocenters. The summed E-state index contributed by atoms with van der Waals surface area (Å²) in [5.41, 5.74) is 0. The molecule has 0 amide bonds. The van der Waals surface area contributed by atoms with Gasteiger partial charge in [0.1, 0.15) is 0 Å². The number of carbonyl (C=O) groups excluding carboxylic acids is 2. The van der Waals surface area contributed by atoms with Crippen LogP contribution in [0.15, 0.2) is 16.5 Å². The monoisotopic (exact) mass is 252 g/mol. The molecule has 5 heteroatoms. The summed E-state index contributed by atoms with van der Waals surface area (Å²) >= 11 is 0. The maximum Gasteiger partial charge on any atom is 0.373 e. The number of hydrogen-bond acceptors (Lipinski definition) is 5. The van der Waals surface area contributed by atoms with E-state index in [9.17, 15) is 9.59 Å². The van der Waals surface area contributed by atoms with Crippen molar-refractivity contribution in [1.82, 2.24) is 0 Å². The van der Waals surface area contributed by atoms with Gasteiger partial charge in [-0.25, -0.2) is 4.79 Å². The molecule has 18 heavy (non-hydrogen) atoms. The number of rotatable bonds is 4. The first-order chi connectivity index (χ1) is 8.70. The maximum atomic E-state index is 11.9. The van der Waals surface area contributed by atoms with Crippen molar-refractivity contribution < 1.29 is 23.5 Å². The number of ether oxygens (including phenoxy) is 2. The van der Waals surface area contributed by atoms with E-state index in [2.05, 4.69) is 4.74 Å². The van der Waals surface area contributed by atoms with Crippen LogP contribution in [-0.4, -0.2) is 31.6 Å². The first-order valence-electron chi connectivity index (χ1n) is 6.03. The summed E-state index contributed by atoms with van der Waals surface area (Å²) in [6.45, 7) is 0.712. The van der Waals surface area contributed by atoms with Crippen LogP contribution in [0.3, 0.4) is 0 Å². The quantitative estimate of drug-likeness (QED) is 0.607. The van der Waals surface area contributed by atoms with E-state index >= 15 is 0 Å². The Kier molecular flexibility index (Phi) is 4.15. The van der Waals surface area contributed by atoms with Crippen molar-refractivity contribution in [3.05, 3.63) is 23.7 Å². The van der Waals surface area contributed by atoms with Gasteiger partial charge in [-0.15, -0.1) is 0 Å². The zero-order valence-corrected chi connectivity index (χ0v) is 10.3. The first-order valence-corrected chi connectivity index (χ1v) is 6.03. The second kappa shape index (κ2) is 5.82. The summed E-state index contributed by atoms with van der Waals surface area (Å²) in [5.74, 6) is -0.491. The summed E-state index contributed by atoms with van der Waals surface area (Å²) in [5, 5.41) is 0. The van der Waals surface area contributed by atoms with Crippen molar-refractivity contribution in [1.29, 1.82) is 0 Å². The van der Waals surface area contributed by atoms with E-state index in [0.29, 0.717) is 13.0 Å². The number of hydrogen-bond donors (Lipinski definition) is 0. The van der Waals surface area contributed by atoms with Crippen LogP contribution < -0.4 is 0 Å². The van der Waals surface area contributed by atoms with Gasteiger partial charge < -0.3 is 13.9 Å². The molecule has 98 valence electrons. The van der Waals surface area contributed by atoms with E-state index < -0.39 is 5.97 Å². The Morgan fingerprint density at radius 1 is 1.33 bits per heavy atom. The van der Waals surface area contributed by atoms with E-state index in [1.54, 1.807) is 0 Å². The van der Waals surface area contributed by atoms with Crippen molar-refractivity contribution in [2.45, 2.75) is 31.8 Å². The minimum Gasteiger partial charge on any atom is -0.463 e. The molecule has 0 bridgehead atoms. The van der Waals surface area contributed by atoms with E-state index in [1.165, 1.54) is 19.2 Å². The normalized spacial score (nSPS) is 19.5. The molecule has 2 heterocycles. The van der Waals surface area contributed by atoms with Gasteiger partial charge in [-0.2, -0.15) is 0 Å². The summed E-state index contributed by atoms with van der Waals surface area (Å²) in [6.07, 6.45) is 3.31. The molecule has 0 spiro atoms. The first kappa shape index (κ1) is 12.8. The Morgan fingerprint density at radius 3 is 2.78 bits per heavy atom. The van der Waals surface area contributed by atoms with Crippen LogP contribution in [-0.2, 0) is 9.47 Å². The molecule has 1 aromatic rings. The molecule has 1 saturated heterocycles. The van der Waals surface area contributed by atoms with Crippen molar-refractivity contribution in [3.8, 4) is 0 Å². The van der Waals surface area contributed by atoms with Crippen LogP contribution >= 0.6 is 0 Å². The molecule has 1 fully saturated rings. The third kappa shape index (κ3) is 2.98. The summed E-state index contributed by atoms with van der Waals surface area (Å²) in [7, 11) is 1.27. The SMILES string of the molecule is COC(=O)c1ccc(C(=O)CC2CCCCO2)o1. The predicted octanol–water partition coefficient (Wildman–Crippen LogP) is 2.21. The topological polar surface area (TPSA) is 65.7 Å². The Bertz CT molecular complexity index is 428. The second-order valence-corrected chi connectivity index (χ2v) is 4.27. The molecule has 1 aliphatic heterocycles. The molecule has 0 saturated carbocycles. The molecule has 1 aromatic heterocycles. The average molecular weight is 252 g/mol. The molecule has 1 unspecified atom stereocenters. The highest BCUT2D eigenvalue weighted by molar-refractivity contribution is 5.95. The van der Waals surface area contributed by atoms with E-state index in [-0.39, 0.29) is 23.4 Å². The van der Waals surface area contributed by atoms with E-state index in [1.807, 2.05) is 0 Å². The van der Waals surface area contributed by atoms with Crippen LogP contribution in [0.1, 0.15) is 46.8 Å². The highest BCUT2D eigenvalue weighted by Gasteiger charge is 2.21. The summed E-state index contributed by atoms with van der Waals surface area (Å²) in [4.78, 5) is 23.1. The molecular weight excluding hydrogens is 236 g/mol. The molecule has 2 rings (SSSR count). The molecule has 5 nitrogen and oxygen atoms in total.